The lowest BCUT2D eigenvalue weighted by atomic mass is 10.2. The largest absolute Gasteiger partial charge is 0.325 e. The number of rotatable bonds is 7. The number of carbonyl (C=O) groups excluding carboxylic acids is 1. The van der Waals surface area contributed by atoms with E-state index in [1.54, 1.807) is 19.1 Å². The Labute approximate surface area is 156 Å². The highest BCUT2D eigenvalue weighted by Gasteiger charge is 2.17. The number of hydrogen-bond donors (Lipinski definition) is 2. The van der Waals surface area contributed by atoms with Crippen molar-refractivity contribution in [1.82, 2.24) is 9.97 Å². The van der Waals surface area contributed by atoms with E-state index < -0.39 is 5.25 Å². The number of carbonyl (C=O) groups is 1. The number of nitrogens with one attached hydrogen (secondary N) is 2. The van der Waals surface area contributed by atoms with Gasteiger partial charge in [0.05, 0.1) is 5.25 Å². The van der Waals surface area contributed by atoms with Crippen molar-refractivity contribution in [3.8, 4) is 0 Å². The Hall–Kier alpha value is -1.79. The molecule has 25 heavy (non-hydrogen) atoms. The molecule has 5 nitrogen and oxygen atoms in total. The van der Waals surface area contributed by atoms with Crippen molar-refractivity contribution in [3.63, 3.8) is 0 Å². The number of aryl methyl sites for hydroxylation is 1. The summed E-state index contributed by atoms with van der Waals surface area (Å²) in [5.74, 6) is -0.169. The number of amides is 1. The summed E-state index contributed by atoms with van der Waals surface area (Å²) in [7, 11) is 0. The highest BCUT2D eigenvalue weighted by molar-refractivity contribution is 8.00. The van der Waals surface area contributed by atoms with E-state index in [1.807, 2.05) is 13.0 Å². The van der Waals surface area contributed by atoms with Gasteiger partial charge in [-0.2, -0.15) is 0 Å². The molecular weight excluding hydrogens is 358 g/mol. The summed E-state index contributed by atoms with van der Waals surface area (Å²) in [6.45, 7) is 5.72. The molecule has 7 heteroatoms. The lowest BCUT2D eigenvalue weighted by Gasteiger charge is -2.14. The molecule has 0 saturated carbocycles. The molecule has 1 aromatic carbocycles. The minimum atomic E-state index is -0.414. The molecule has 0 fully saturated rings. The maximum Gasteiger partial charge on any atom is 0.251 e. The zero-order valence-electron chi connectivity index (χ0n) is 14.6. The van der Waals surface area contributed by atoms with Crippen molar-refractivity contribution < 1.29 is 4.79 Å². The van der Waals surface area contributed by atoms with Crippen LogP contribution in [0.2, 0.25) is 5.02 Å². The number of H-pyrrole nitrogens is 1. The molecule has 1 amide bonds. The molecule has 2 aromatic rings. The minimum absolute atomic E-state index is 0.169. The van der Waals surface area contributed by atoms with Gasteiger partial charge in [-0.3, -0.25) is 9.59 Å². The Morgan fingerprint density at radius 2 is 2.20 bits per heavy atom. The summed E-state index contributed by atoms with van der Waals surface area (Å²) in [4.78, 5) is 31.3. The van der Waals surface area contributed by atoms with Crippen molar-refractivity contribution in [1.29, 1.82) is 0 Å². The molecule has 1 heterocycles. The summed E-state index contributed by atoms with van der Waals surface area (Å²) in [5, 5.41) is 3.52. The van der Waals surface area contributed by atoms with Crippen molar-refractivity contribution in [3.05, 3.63) is 50.9 Å². The average molecular weight is 380 g/mol. The van der Waals surface area contributed by atoms with E-state index in [2.05, 4.69) is 22.2 Å². The van der Waals surface area contributed by atoms with Crippen LogP contribution in [0.15, 0.2) is 34.2 Å². The molecule has 1 atom stereocenters. The zero-order valence-corrected chi connectivity index (χ0v) is 16.1. The first-order valence-electron chi connectivity index (χ1n) is 8.23. The number of hydrogen-bond acceptors (Lipinski definition) is 4. The molecule has 0 bridgehead atoms. The molecule has 0 spiro atoms. The van der Waals surface area contributed by atoms with Crippen LogP contribution in [0.25, 0.3) is 0 Å². The number of anilines is 1. The number of halogens is 1. The summed E-state index contributed by atoms with van der Waals surface area (Å²) in [6, 6.07) is 6.89. The van der Waals surface area contributed by atoms with Crippen LogP contribution in [-0.2, 0) is 11.2 Å². The zero-order chi connectivity index (χ0) is 18.4. The van der Waals surface area contributed by atoms with E-state index in [1.165, 1.54) is 17.8 Å². The Balaban J connectivity index is 2.07. The standard InChI is InChI=1S/C18H22ClN3O2S/c1-4-5-7-13-10-16(23)22-18(20-13)25-12(3)17(24)21-15-9-6-8-14(19)11(15)2/h6,8-10,12H,4-5,7H2,1-3H3,(H,21,24)(H,20,22,23). The predicted octanol–water partition coefficient (Wildman–Crippen LogP) is 4.19. The van der Waals surface area contributed by atoms with Gasteiger partial charge >= 0.3 is 0 Å². The number of benzene rings is 1. The van der Waals surface area contributed by atoms with Gasteiger partial charge in [0.1, 0.15) is 0 Å². The summed E-state index contributed by atoms with van der Waals surface area (Å²) >= 11 is 7.31. The monoisotopic (exact) mass is 379 g/mol. The van der Waals surface area contributed by atoms with Gasteiger partial charge in [-0.05, 0) is 44.4 Å². The normalized spacial score (nSPS) is 12.0. The predicted molar refractivity (Wildman–Crippen MR) is 104 cm³/mol. The number of aromatic nitrogens is 2. The molecule has 2 rings (SSSR count). The number of aromatic amines is 1. The van der Waals surface area contributed by atoms with E-state index in [4.69, 9.17) is 11.6 Å². The quantitative estimate of drug-likeness (QED) is 0.558. The molecule has 2 N–H and O–H groups in total. The fourth-order valence-corrected chi connectivity index (χ4v) is 3.23. The molecule has 0 saturated heterocycles. The van der Waals surface area contributed by atoms with Crippen LogP contribution < -0.4 is 10.9 Å². The third-order valence-electron chi connectivity index (χ3n) is 3.74. The first-order valence-corrected chi connectivity index (χ1v) is 9.49. The van der Waals surface area contributed by atoms with Crippen LogP contribution in [0.4, 0.5) is 5.69 Å². The molecule has 1 aromatic heterocycles. The number of unbranched alkanes of at least 4 members (excludes halogenated alkanes) is 1. The molecule has 134 valence electrons. The van der Waals surface area contributed by atoms with Crippen molar-refractivity contribution in [2.45, 2.75) is 50.4 Å². The molecule has 0 aliphatic carbocycles. The summed E-state index contributed by atoms with van der Waals surface area (Å²) in [6.07, 6.45) is 2.77. The second kappa shape index (κ2) is 9.06. The smallest absolute Gasteiger partial charge is 0.251 e. The summed E-state index contributed by atoms with van der Waals surface area (Å²) < 4.78 is 0. The fourth-order valence-electron chi connectivity index (χ4n) is 2.22. The first-order chi connectivity index (χ1) is 11.9. The molecule has 1 unspecified atom stereocenters. The molecular formula is C18H22ClN3O2S. The maximum absolute atomic E-state index is 12.4. The van der Waals surface area contributed by atoms with Gasteiger partial charge in [0.15, 0.2) is 5.16 Å². The average Bonchev–Trinajstić information content (AvgIpc) is 2.56. The minimum Gasteiger partial charge on any atom is -0.325 e. The topological polar surface area (TPSA) is 74.8 Å². The highest BCUT2D eigenvalue weighted by Crippen LogP contribution is 2.25. The lowest BCUT2D eigenvalue weighted by molar-refractivity contribution is -0.115. The van der Waals surface area contributed by atoms with E-state index >= 15 is 0 Å². The lowest BCUT2D eigenvalue weighted by Crippen LogP contribution is -2.23. The Bertz CT molecular complexity index is 807. The van der Waals surface area contributed by atoms with Gasteiger partial charge in [0, 0.05) is 22.5 Å². The van der Waals surface area contributed by atoms with E-state index in [9.17, 15) is 9.59 Å². The third kappa shape index (κ3) is 5.61. The van der Waals surface area contributed by atoms with E-state index in [-0.39, 0.29) is 11.5 Å². The van der Waals surface area contributed by atoms with Gasteiger partial charge in [-0.15, -0.1) is 0 Å². The van der Waals surface area contributed by atoms with E-state index in [0.29, 0.717) is 15.9 Å². The summed E-state index contributed by atoms with van der Waals surface area (Å²) in [5.41, 5.74) is 2.07. The SMILES string of the molecule is CCCCc1cc(=O)[nH]c(SC(C)C(=O)Nc2cccc(Cl)c2C)n1. The second-order valence-corrected chi connectivity index (χ2v) is 7.54. The third-order valence-corrected chi connectivity index (χ3v) is 5.14. The van der Waals surface area contributed by atoms with E-state index in [0.717, 1.165) is 30.5 Å². The molecule has 0 aliphatic rings. The van der Waals surface area contributed by atoms with Gasteiger partial charge in [-0.25, -0.2) is 4.98 Å². The second-order valence-electron chi connectivity index (χ2n) is 5.81. The maximum atomic E-state index is 12.4. The van der Waals surface area contributed by atoms with Crippen LogP contribution in [-0.4, -0.2) is 21.1 Å². The molecule has 0 radical (unpaired) electrons. The Kier molecular flexibility index (Phi) is 7.08. The van der Waals surface area contributed by atoms with Gasteiger partial charge < -0.3 is 10.3 Å². The molecule has 0 aliphatic heterocycles. The van der Waals surface area contributed by atoms with Crippen LogP contribution in [0, 0.1) is 6.92 Å². The van der Waals surface area contributed by atoms with Crippen molar-refractivity contribution >= 4 is 35.0 Å². The first kappa shape index (κ1) is 19.5. The van der Waals surface area contributed by atoms with Crippen LogP contribution in [0.3, 0.4) is 0 Å². The Morgan fingerprint density at radius 3 is 2.92 bits per heavy atom. The highest BCUT2D eigenvalue weighted by atomic mass is 35.5. The van der Waals surface area contributed by atoms with Gasteiger partial charge in [-0.1, -0.05) is 42.8 Å². The van der Waals surface area contributed by atoms with Crippen molar-refractivity contribution in [2.24, 2.45) is 0 Å². The number of thioether (sulfide) groups is 1. The Morgan fingerprint density at radius 1 is 1.44 bits per heavy atom. The van der Waals surface area contributed by atoms with Crippen LogP contribution >= 0.6 is 23.4 Å². The van der Waals surface area contributed by atoms with Crippen molar-refractivity contribution in [2.75, 3.05) is 5.32 Å². The van der Waals surface area contributed by atoms with Crippen LogP contribution in [0.5, 0.6) is 0 Å². The van der Waals surface area contributed by atoms with Crippen LogP contribution in [0.1, 0.15) is 37.9 Å². The number of nitrogens with zero attached hydrogens (tertiary/aromatic N) is 1. The fraction of sp³-hybridized carbons (Fsp3) is 0.389. The van der Waals surface area contributed by atoms with Gasteiger partial charge in [0.25, 0.3) is 5.56 Å². The van der Waals surface area contributed by atoms with Gasteiger partial charge in [0.2, 0.25) is 5.91 Å².